The second kappa shape index (κ2) is 9.87. The molecule has 0 atom stereocenters. The molecule has 1 N–H and O–H groups in total. The number of aromatic nitrogens is 1. The van der Waals surface area contributed by atoms with Crippen LogP contribution in [0.1, 0.15) is 32.2 Å². The van der Waals surface area contributed by atoms with Gasteiger partial charge in [0.15, 0.2) is 11.5 Å². The van der Waals surface area contributed by atoms with Gasteiger partial charge < -0.3 is 18.6 Å². The van der Waals surface area contributed by atoms with E-state index in [0.29, 0.717) is 28.4 Å². The number of rotatable bonds is 8. The quantitative estimate of drug-likeness (QED) is 0.346. The lowest BCUT2D eigenvalue weighted by Gasteiger charge is -2.10. The van der Waals surface area contributed by atoms with Crippen molar-refractivity contribution in [1.82, 2.24) is 10.4 Å². The minimum Gasteiger partial charge on any atom is -0.493 e. The highest BCUT2D eigenvalue weighted by molar-refractivity contribution is 5.94. The van der Waals surface area contributed by atoms with Crippen LogP contribution in [0.5, 0.6) is 11.5 Å². The minimum absolute atomic E-state index is 0.1000. The van der Waals surface area contributed by atoms with Crippen LogP contribution in [0.3, 0.4) is 0 Å². The van der Waals surface area contributed by atoms with Crippen LogP contribution in [-0.4, -0.2) is 37.3 Å². The van der Waals surface area contributed by atoms with E-state index in [4.69, 9.17) is 13.9 Å². The fourth-order valence-electron chi connectivity index (χ4n) is 2.43. The molecule has 0 aliphatic heterocycles. The van der Waals surface area contributed by atoms with Crippen molar-refractivity contribution in [1.29, 1.82) is 0 Å². The van der Waals surface area contributed by atoms with Crippen molar-refractivity contribution in [3.63, 3.8) is 0 Å². The number of benzene rings is 1. The zero-order chi connectivity index (χ0) is 21.3. The Morgan fingerprint density at radius 1 is 1.10 bits per heavy atom. The van der Waals surface area contributed by atoms with Gasteiger partial charge in [-0.2, -0.15) is 5.10 Å². The van der Waals surface area contributed by atoms with Crippen LogP contribution in [0, 0.1) is 0 Å². The molecule has 3 rings (SSSR count). The number of hydrogen-bond acceptors (Lipinski definition) is 8. The maximum atomic E-state index is 12.0. The molecule has 3 aromatic rings. The Bertz CT molecular complexity index is 1050. The Morgan fingerprint density at radius 2 is 1.90 bits per heavy atom. The molecular formula is C21H19N3O6. The Kier molecular flexibility index (Phi) is 6.78. The van der Waals surface area contributed by atoms with Crippen molar-refractivity contribution in [3.8, 4) is 11.5 Å². The number of amides is 1. The van der Waals surface area contributed by atoms with Crippen LogP contribution in [-0.2, 0) is 11.3 Å². The maximum absolute atomic E-state index is 12.0. The molecule has 2 aromatic heterocycles. The molecule has 154 valence electrons. The highest BCUT2D eigenvalue weighted by Gasteiger charge is 2.12. The van der Waals surface area contributed by atoms with Gasteiger partial charge in [0.1, 0.15) is 12.4 Å². The zero-order valence-electron chi connectivity index (χ0n) is 16.3. The third-order valence-electron chi connectivity index (χ3n) is 3.93. The summed E-state index contributed by atoms with van der Waals surface area (Å²) in [7, 11) is 2.79. The molecule has 0 saturated carbocycles. The molecule has 0 fully saturated rings. The van der Waals surface area contributed by atoms with Gasteiger partial charge in [0.2, 0.25) is 5.76 Å². The molecule has 0 spiro atoms. The summed E-state index contributed by atoms with van der Waals surface area (Å²) in [6, 6.07) is 11.5. The minimum atomic E-state index is -0.557. The van der Waals surface area contributed by atoms with Crippen molar-refractivity contribution in [2.75, 3.05) is 14.2 Å². The van der Waals surface area contributed by atoms with Crippen LogP contribution in [0.25, 0.3) is 0 Å². The van der Waals surface area contributed by atoms with Crippen LogP contribution in [0.2, 0.25) is 0 Å². The van der Waals surface area contributed by atoms with E-state index in [1.165, 1.54) is 38.9 Å². The molecule has 0 aliphatic rings. The van der Waals surface area contributed by atoms with Gasteiger partial charge >= 0.3 is 5.97 Å². The third kappa shape index (κ3) is 5.22. The van der Waals surface area contributed by atoms with E-state index in [0.717, 1.165) is 0 Å². The lowest BCUT2D eigenvalue weighted by molar-refractivity contribution is 0.0560. The van der Waals surface area contributed by atoms with Crippen molar-refractivity contribution in [2.45, 2.75) is 6.61 Å². The van der Waals surface area contributed by atoms with E-state index < -0.39 is 5.97 Å². The molecule has 0 bridgehead atoms. The molecule has 2 heterocycles. The summed E-state index contributed by atoms with van der Waals surface area (Å²) in [5, 5.41) is 3.94. The predicted molar refractivity (Wildman–Crippen MR) is 107 cm³/mol. The number of nitrogens with one attached hydrogen (secondary N) is 1. The standard InChI is InChI=1S/C21H19N3O6/c1-27-19-11-14(12-23-24-20(25)15-7-9-22-10-8-15)3-5-17(19)29-13-16-4-6-18(30-16)21(26)28-2/h3-12H,13H2,1-2H3,(H,24,25)/b23-12-. The van der Waals surface area contributed by atoms with Gasteiger partial charge in [-0.05, 0) is 48.0 Å². The fraction of sp³-hybridized carbons (Fsp3) is 0.143. The van der Waals surface area contributed by atoms with Gasteiger partial charge in [0.05, 0.1) is 20.4 Å². The SMILES string of the molecule is COC(=O)c1ccc(COc2ccc(/C=N\NC(=O)c3ccncc3)cc2OC)o1. The van der Waals surface area contributed by atoms with E-state index in [-0.39, 0.29) is 18.3 Å². The van der Waals surface area contributed by atoms with Gasteiger partial charge in [0, 0.05) is 18.0 Å². The highest BCUT2D eigenvalue weighted by Crippen LogP contribution is 2.28. The summed E-state index contributed by atoms with van der Waals surface area (Å²) >= 11 is 0. The number of furan rings is 1. The summed E-state index contributed by atoms with van der Waals surface area (Å²) in [5.74, 6) is 0.611. The fourth-order valence-corrected chi connectivity index (χ4v) is 2.43. The number of nitrogens with zero attached hydrogens (tertiary/aromatic N) is 2. The lowest BCUT2D eigenvalue weighted by Crippen LogP contribution is -2.17. The second-order valence-electron chi connectivity index (χ2n) is 5.89. The van der Waals surface area contributed by atoms with Crippen molar-refractivity contribution in [3.05, 3.63) is 77.5 Å². The van der Waals surface area contributed by atoms with Crippen molar-refractivity contribution < 1.29 is 28.2 Å². The van der Waals surface area contributed by atoms with Crippen molar-refractivity contribution in [2.24, 2.45) is 5.10 Å². The summed E-state index contributed by atoms with van der Waals surface area (Å²) in [6.07, 6.45) is 4.54. The van der Waals surface area contributed by atoms with Gasteiger partial charge in [0.25, 0.3) is 5.91 Å². The summed E-state index contributed by atoms with van der Waals surface area (Å²) in [5.41, 5.74) is 3.59. The highest BCUT2D eigenvalue weighted by atomic mass is 16.5. The van der Waals surface area contributed by atoms with E-state index >= 15 is 0 Å². The first-order valence-corrected chi connectivity index (χ1v) is 8.82. The number of pyridine rings is 1. The van der Waals surface area contributed by atoms with Crippen LogP contribution in [0.15, 0.2) is 64.4 Å². The van der Waals surface area contributed by atoms with Crippen LogP contribution >= 0.6 is 0 Å². The first-order valence-electron chi connectivity index (χ1n) is 8.82. The number of carbonyl (C=O) groups excluding carboxylic acids is 2. The molecule has 1 amide bonds. The van der Waals surface area contributed by atoms with E-state index in [1.807, 2.05) is 0 Å². The van der Waals surface area contributed by atoms with Crippen molar-refractivity contribution >= 4 is 18.1 Å². The Balaban J connectivity index is 1.61. The molecule has 1 aromatic carbocycles. The van der Waals surface area contributed by atoms with Gasteiger partial charge in [-0.15, -0.1) is 0 Å². The molecule has 30 heavy (non-hydrogen) atoms. The largest absolute Gasteiger partial charge is 0.493 e. The maximum Gasteiger partial charge on any atom is 0.373 e. The molecule has 9 nitrogen and oxygen atoms in total. The number of hydrazone groups is 1. The summed E-state index contributed by atoms with van der Waals surface area (Å²) in [6.45, 7) is 0.1000. The van der Waals surface area contributed by atoms with E-state index in [9.17, 15) is 9.59 Å². The Labute approximate surface area is 172 Å². The number of hydrogen-bond donors (Lipinski definition) is 1. The average Bonchev–Trinajstić information content (AvgIpc) is 3.27. The smallest absolute Gasteiger partial charge is 0.373 e. The van der Waals surface area contributed by atoms with Gasteiger partial charge in [-0.25, -0.2) is 10.2 Å². The van der Waals surface area contributed by atoms with Crippen LogP contribution in [0.4, 0.5) is 0 Å². The predicted octanol–water partition coefficient (Wildman–Crippen LogP) is 2.81. The number of methoxy groups -OCH3 is 2. The van der Waals surface area contributed by atoms with Crippen LogP contribution < -0.4 is 14.9 Å². The summed E-state index contributed by atoms with van der Waals surface area (Å²) in [4.78, 5) is 27.2. The second-order valence-corrected chi connectivity index (χ2v) is 5.89. The lowest BCUT2D eigenvalue weighted by atomic mass is 10.2. The number of esters is 1. The number of carbonyl (C=O) groups is 2. The Morgan fingerprint density at radius 3 is 2.63 bits per heavy atom. The Hall–Kier alpha value is -4.14. The van der Waals surface area contributed by atoms with E-state index in [2.05, 4.69) is 20.2 Å². The molecular weight excluding hydrogens is 390 g/mol. The molecule has 0 radical (unpaired) electrons. The average molecular weight is 409 g/mol. The monoisotopic (exact) mass is 409 g/mol. The molecule has 0 unspecified atom stereocenters. The molecule has 0 aliphatic carbocycles. The zero-order valence-corrected chi connectivity index (χ0v) is 16.3. The van der Waals surface area contributed by atoms with Gasteiger partial charge in [-0.3, -0.25) is 9.78 Å². The normalized spacial score (nSPS) is 10.6. The molecule has 9 heteroatoms. The third-order valence-corrected chi connectivity index (χ3v) is 3.93. The number of ether oxygens (including phenoxy) is 3. The topological polar surface area (TPSA) is 112 Å². The summed E-state index contributed by atoms with van der Waals surface area (Å²) < 4.78 is 21.0. The first-order chi connectivity index (χ1) is 14.6. The van der Waals surface area contributed by atoms with E-state index in [1.54, 1.807) is 36.4 Å². The van der Waals surface area contributed by atoms with Gasteiger partial charge in [-0.1, -0.05) is 0 Å². The molecule has 0 saturated heterocycles. The first kappa shape index (κ1) is 20.6.